The molecule has 3 aromatic carbocycles. The number of benzene rings is 3. The minimum absolute atomic E-state index is 0.160. The van der Waals surface area contributed by atoms with E-state index in [-0.39, 0.29) is 10.8 Å². The van der Waals surface area contributed by atoms with Gasteiger partial charge in [0.2, 0.25) is 10.0 Å². The maximum absolute atomic E-state index is 12.9. The Kier molecular flexibility index (Phi) is 5.58. The summed E-state index contributed by atoms with van der Waals surface area (Å²) in [5.74, 6) is 0.483. The van der Waals surface area contributed by atoms with Gasteiger partial charge in [0.15, 0.2) is 0 Å². The summed E-state index contributed by atoms with van der Waals surface area (Å²) in [5, 5.41) is 2.80. The van der Waals surface area contributed by atoms with Gasteiger partial charge < -0.3 is 5.32 Å². The average molecular weight is 449 g/mol. The monoisotopic (exact) mass is 448 g/mol. The van der Waals surface area contributed by atoms with Crippen LogP contribution in [0.25, 0.3) is 16.7 Å². The lowest BCUT2D eigenvalue weighted by Crippen LogP contribution is -2.23. The first-order chi connectivity index (χ1) is 15.2. The summed E-state index contributed by atoms with van der Waals surface area (Å²) in [6.45, 7) is 3.65. The van der Waals surface area contributed by atoms with E-state index in [9.17, 15) is 13.2 Å². The maximum Gasteiger partial charge on any atom is 0.255 e. The van der Waals surface area contributed by atoms with E-state index >= 15 is 0 Å². The lowest BCUT2D eigenvalue weighted by molar-refractivity contribution is 0.102. The van der Waals surface area contributed by atoms with Crippen molar-refractivity contribution in [1.82, 2.24) is 13.9 Å². The first-order valence-corrected chi connectivity index (χ1v) is 11.5. The number of para-hydroxylation sites is 1. The molecule has 1 aromatic heterocycles. The molecule has 0 aliphatic carbocycles. The Morgan fingerprint density at radius 1 is 0.969 bits per heavy atom. The molecule has 164 valence electrons. The van der Waals surface area contributed by atoms with Crippen molar-refractivity contribution >= 4 is 32.7 Å². The second kappa shape index (κ2) is 8.22. The standard InChI is InChI=1S/C24H24N4O3S/c1-16-10-12-19(15-23(16)32(30,31)27(3)4)26-24(29)18-11-13-22-21(14-18)25-17(2)28(22)20-8-6-5-7-9-20/h5-15H,1-4H3,(H,26,29). The number of hydrogen-bond donors (Lipinski definition) is 1. The van der Waals surface area contributed by atoms with E-state index in [1.54, 1.807) is 31.2 Å². The number of rotatable bonds is 5. The number of aromatic nitrogens is 2. The Hall–Kier alpha value is -3.49. The van der Waals surface area contributed by atoms with Crippen LogP contribution in [0.4, 0.5) is 5.69 Å². The van der Waals surface area contributed by atoms with Gasteiger partial charge >= 0.3 is 0 Å². The first-order valence-electron chi connectivity index (χ1n) is 10.1. The summed E-state index contributed by atoms with van der Waals surface area (Å²) in [6.07, 6.45) is 0. The fourth-order valence-corrected chi connectivity index (χ4v) is 4.74. The molecule has 7 nitrogen and oxygen atoms in total. The second-order valence-electron chi connectivity index (χ2n) is 7.76. The van der Waals surface area contributed by atoms with E-state index in [1.807, 2.05) is 47.9 Å². The number of fused-ring (bicyclic) bond motifs is 1. The molecule has 0 bridgehead atoms. The van der Waals surface area contributed by atoms with E-state index in [1.165, 1.54) is 20.2 Å². The lowest BCUT2D eigenvalue weighted by Gasteiger charge is -2.15. The number of nitrogens with one attached hydrogen (secondary N) is 1. The molecule has 0 radical (unpaired) electrons. The first kappa shape index (κ1) is 21.7. The molecular formula is C24H24N4O3S. The zero-order valence-corrected chi connectivity index (χ0v) is 19.1. The molecule has 32 heavy (non-hydrogen) atoms. The third-order valence-corrected chi connectivity index (χ3v) is 7.26. The van der Waals surface area contributed by atoms with E-state index in [4.69, 9.17) is 0 Å². The van der Waals surface area contributed by atoms with Crippen molar-refractivity contribution in [3.63, 3.8) is 0 Å². The highest BCUT2D eigenvalue weighted by Gasteiger charge is 2.21. The summed E-state index contributed by atoms with van der Waals surface area (Å²) >= 11 is 0. The van der Waals surface area contributed by atoms with Gasteiger partial charge in [-0.15, -0.1) is 0 Å². The Bertz CT molecular complexity index is 1420. The summed E-state index contributed by atoms with van der Waals surface area (Å²) in [4.78, 5) is 17.7. The van der Waals surface area contributed by atoms with Gasteiger partial charge in [0, 0.05) is 31.0 Å². The van der Waals surface area contributed by atoms with E-state index < -0.39 is 10.0 Å². The Balaban J connectivity index is 1.66. The minimum atomic E-state index is -3.62. The second-order valence-corrected chi connectivity index (χ2v) is 9.88. The number of nitrogens with zero attached hydrogens (tertiary/aromatic N) is 3. The smallest absolute Gasteiger partial charge is 0.255 e. The summed E-state index contributed by atoms with van der Waals surface area (Å²) in [5.41, 5.74) is 4.07. The number of carbonyl (C=O) groups is 1. The van der Waals surface area contributed by atoms with Crippen molar-refractivity contribution in [2.75, 3.05) is 19.4 Å². The third-order valence-electron chi connectivity index (χ3n) is 5.30. The molecular weight excluding hydrogens is 424 g/mol. The summed E-state index contributed by atoms with van der Waals surface area (Å²) < 4.78 is 28.3. The highest BCUT2D eigenvalue weighted by Crippen LogP contribution is 2.25. The zero-order valence-electron chi connectivity index (χ0n) is 18.3. The molecule has 0 spiro atoms. The van der Waals surface area contributed by atoms with Crippen molar-refractivity contribution in [3.05, 3.63) is 83.7 Å². The van der Waals surface area contributed by atoms with Crippen LogP contribution in [-0.4, -0.2) is 42.3 Å². The van der Waals surface area contributed by atoms with Gasteiger partial charge in [0.1, 0.15) is 5.82 Å². The summed E-state index contributed by atoms with van der Waals surface area (Å²) in [7, 11) is -0.662. The lowest BCUT2D eigenvalue weighted by atomic mass is 10.1. The number of amides is 1. The number of imidazole rings is 1. The number of carbonyl (C=O) groups excluding carboxylic acids is 1. The fraction of sp³-hybridized carbons (Fsp3) is 0.167. The molecule has 1 amide bonds. The van der Waals surface area contributed by atoms with Gasteiger partial charge in [-0.05, 0) is 61.9 Å². The van der Waals surface area contributed by atoms with Crippen LogP contribution >= 0.6 is 0 Å². The molecule has 0 aliphatic heterocycles. The maximum atomic E-state index is 12.9. The SMILES string of the molecule is Cc1ccc(NC(=O)c2ccc3c(c2)nc(C)n3-c2ccccc2)cc1S(=O)(=O)N(C)C. The normalized spacial score (nSPS) is 11.8. The Morgan fingerprint density at radius 2 is 1.69 bits per heavy atom. The minimum Gasteiger partial charge on any atom is -0.322 e. The quantitative estimate of drug-likeness (QED) is 0.497. The zero-order chi connectivity index (χ0) is 23.0. The Labute approximate surface area is 187 Å². The van der Waals surface area contributed by atoms with Crippen molar-refractivity contribution in [2.24, 2.45) is 0 Å². The van der Waals surface area contributed by atoms with Gasteiger partial charge in [0.25, 0.3) is 5.91 Å². The fourth-order valence-electron chi connectivity index (χ4n) is 3.60. The van der Waals surface area contributed by atoms with Crippen LogP contribution < -0.4 is 5.32 Å². The predicted molar refractivity (Wildman–Crippen MR) is 126 cm³/mol. The molecule has 0 saturated heterocycles. The molecule has 0 unspecified atom stereocenters. The molecule has 1 N–H and O–H groups in total. The van der Waals surface area contributed by atoms with Crippen LogP contribution in [0.2, 0.25) is 0 Å². The Morgan fingerprint density at radius 3 is 2.38 bits per heavy atom. The topological polar surface area (TPSA) is 84.3 Å². The number of anilines is 1. The van der Waals surface area contributed by atoms with E-state index in [0.29, 0.717) is 22.3 Å². The van der Waals surface area contributed by atoms with Crippen molar-refractivity contribution < 1.29 is 13.2 Å². The molecule has 0 saturated carbocycles. The van der Waals surface area contributed by atoms with Gasteiger partial charge in [-0.3, -0.25) is 9.36 Å². The van der Waals surface area contributed by atoms with Crippen LogP contribution in [0.3, 0.4) is 0 Å². The van der Waals surface area contributed by atoms with Crippen molar-refractivity contribution in [2.45, 2.75) is 18.7 Å². The number of hydrogen-bond acceptors (Lipinski definition) is 4. The van der Waals surface area contributed by atoms with Crippen LogP contribution in [-0.2, 0) is 10.0 Å². The number of sulfonamides is 1. The van der Waals surface area contributed by atoms with Gasteiger partial charge in [-0.1, -0.05) is 24.3 Å². The van der Waals surface area contributed by atoms with Crippen LogP contribution in [0.15, 0.2) is 71.6 Å². The summed E-state index contributed by atoms with van der Waals surface area (Å²) in [6, 6.07) is 20.1. The van der Waals surface area contributed by atoms with Crippen LogP contribution in [0, 0.1) is 13.8 Å². The highest BCUT2D eigenvalue weighted by molar-refractivity contribution is 7.89. The highest BCUT2D eigenvalue weighted by atomic mass is 32.2. The average Bonchev–Trinajstić information content (AvgIpc) is 3.10. The molecule has 0 fully saturated rings. The molecule has 8 heteroatoms. The van der Waals surface area contributed by atoms with Crippen LogP contribution in [0.5, 0.6) is 0 Å². The molecule has 4 rings (SSSR count). The van der Waals surface area contributed by atoms with Gasteiger partial charge in [-0.2, -0.15) is 0 Å². The van der Waals surface area contributed by atoms with Gasteiger partial charge in [0.05, 0.1) is 15.9 Å². The number of aryl methyl sites for hydroxylation is 2. The predicted octanol–water partition coefficient (Wildman–Crippen LogP) is 4.14. The molecule has 0 atom stereocenters. The molecule has 1 heterocycles. The van der Waals surface area contributed by atoms with Crippen molar-refractivity contribution in [1.29, 1.82) is 0 Å². The van der Waals surface area contributed by atoms with E-state index in [0.717, 1.165) is 21.3 Å². The van der Waals surface area contributed by atoms with Gasteiger partial charge in [-0.25, -0.2) is 17.7 Å². The molecule has 4 aromatic rings. The van der Waals surface area contributed by atoms with Crippen LogP contribution in [0.1, 0.15) is 21.7 Å². The van der Waals surface area contributed by atoms with Crippen molar-refractivity contribution in [3.8, 4) is 5.69 Å². The molecule has 0 aliphatic rings. The van der Waals surface area contributed by atoms with E-state index in [2.05, 4.69) is 10.3 Å². The third kappa shape index (κ3) is 3.90. The largest absolute Gasteiger partial charge is 0.322 e.